The van der Waals surface area contributed by atoms with E-state index >= 15 is 0 Å². The number of aromatic nitrogens is 1. The lowest BCUT2D eigenvalue weighted by Crippen LogP contribution is -2.13. The Labute approximate surface area is 156 Å². The summed E-state index contributed by atoms with van der Waals surface area (Å²) in [7, 11) is 0. The van der Waals surface area contributed by atoms with Gasteiger partial charge in [-0.25, -0.2) is 4.98 Å². The first-order chi connectivity index (χ1) is 12.8. The summed E-state index contributed by atoms with van der Waals surface area (Å²) in [5.74, 6) is 0. The summed E-state index contributed by atoms with van der Waals surface area (Å²) >= 11 is 1.46. The van der Waals surface area contributed by atoms with Crippen molar-refractivity contribution in [2.45, 2.75) is 26.2 Å². The number of azo groups is 1. The van der Waals surface area contributed by atoms with Crippen LogP contribution >= 0.6 is 11.3 Å². The lowest BCUT2D eigenvalue weighted by atomic mass is 9.90. The molecule has 2 aromatic carbocycles. The quantitative estimate of drug-likeness (QED) is 0.456. The van der Waals surface area contributed by atoms with E-state index in [1.165, 1.54) is 22.5 Å². The van der Waals surface area contributed by atoms with Crippen LogP contribution in [0.4, 0.5) is 15.8 Å². The Balaban J connectivity index is 1.51. The Hall–Kier alpha value is -2.86. The monoisotopic (exact) mass is 361 g/mol. The van der Waals surface area contributed by atoms with Crippen LogP contribution in [-0.4, -0.2) is 10.7 Å². The Bertz CT molecular complexity index is 959. The Morgan fingerprint density at radius 1 is 0.962 bits per heavy atom. The maximum absolute atomic E-state index is 4.61. The van der Waals surface area contributed by atoms with Crippen LogP contribution in [-0.2, 0) is 6.42 Å². The van der Waals surface area contributed by atoms with Crippen molar-refractivity contribution in [1.29, 1.82) is 0 Å². The molecule has 0 unspecified atom stereocenters. The van der Waals surface area contributed by atoms with Gasteiger partial charge in [-0.3, -0.25) is 5.43 Å². The molecule has 0 radical (unpaired) electrons. The SMILES string of the molecule is Cc1nc(N/N=C2/CCCc3ccccc32)sc1N=Nc1ccccc1. The number of benzene rings is 2. The van der Waals surface area contributed by atoms with Crippen molar-refractivity contribution in [3.63, 3.8) is 0 Å². The van der Waals surface area contributed by atoms with Gasteiger partial charge < -0.3 is 0 Å². The molecule has 1 aliphatic rings. The van der Waals surface area contributed by atoms with Gasteiger partial charge in [0.1, 0.15) is 0 Å². The molecule has 0 amide bonds. The van der Waals surface area contributed by atoms with Crippen molar-refractivity contribution in [3.05, 3.63) is 71.4 Å². The van der Waals surface area contributed by atoms with Gasteiger partial charge in [0.05, 0.1) is 17.1 Å². The fourth-order valence-corrected chi connectivity index (χ4v) is 3.69. The van der Waals surface area contributed by atoms with Crippen molar-refractivity contribution in [1.82, 2.24) is 4.98 Å². The lowest BCUT2D eigenvalue weighted by Gasteiger charge is -2.17. The maximum Gasteiger partial charge on any atom is 0.205 e. The minimum Gasteiger partial charge on any atom is -0.252 e. The molecule has 1 N–H and O–H groups in total. The number of rotatable bonds is 4. The maximum atomic E-state index is 4.61. The molecule has 26 heavy (non-hydrogen) atoms. The van der Waals surface area contributed by atoms with E-state index in [4.69, 9.17) is 0 Å². The van der Waals surface area contributed by atoms with Crippen molar-refractivity contribution >= 4 is 32.9 Å². The van der Waals surface area contributed by atoms with Gasteiger partial charge in [0.25, 0.3) is 0 Å². The number of anilines is 1. The number of thiazole rings is 1. The van der Waals surface area contributed by atoms with E-state index in [-0.39, 0.29) is 0 Å². The molecular weight excluding hydrogens is 342 g/mol. The summed E-state index contributed by atoms with van der Waals surface area (Å²) in [4.78, 5) is 4.51. The first-order valence-electron chi connectivity index (χ1n) is 8.65. The van der Waals surface area contributed by atoms with Gasteiger partial charge in [-0.2, -0.15) is 5.10 Å². The van der Waals surface area contributed by atoms with Crippen molar-refractivity contribution in [2.24, 2.45) is 15.3 Å². The smallest absolute Gasteiger partial charge is 0.205 e. The fourth-order valence-electron chi connectivity index (χ4n) is 2.96. The van der Waals surface area contributed by atoms with Crippen molar-refractivity contribution in [2.75, 3.05) is 5.43 Å². The summed E-state index contributed by atoms with van der Waals surface area (Å²) in [5, 5.41) is 14.7. The first-order valence-corrected chi connectivity index (χ1v) is 9.46. The number of hydrazone groups is 1. The van der Waals surface area contributed by atoms with Crippen LogP contribution in [0.15, 0.2) is 69.9 Å². The van der Waals surface area contributed by atoms with E-state index in [1.807, 2.05) is 37.3 Å². The summed E-state index contributed by atoms with van der Waals surface area (Å²) in [5.41, 5.74) is 8.48. The molecule has 0 aliphatic heterocycles. The minimum atomic E-state index is 0.736. The van der Waals surface area contributed by atoms with Gasteiger partial charge in [0, 0.05) is 5.56 Å². The number of hydrogen-bond donors (Lipinski definition) is 1. The highest BCUT2D eigenvalue weighted by atomic mass is 32.1. The zero-order valence-electron chi connectivity index (χ0n) is 14.5. The number of fused-ring (bicyclic) bond motifs is 1. The van der Waals surface area contributed by atoms with Crippen LogP contribution < -0.4 is 5.43 Å². The largest absolute Gasteiger partial charge is 0.252 e. The standard InChI is InChI=1S/C20H19N5S/c1-14-19(24-22-16-10-3-2-4-11-16)26-20(21-14)25-23-18-13-7-9-15-8-5-6-12-17(15)18/h2-6,8,10-12H,7,9,13H2,1H3,(H,21,25)/b23-18-,24-22?. The molecule has 0 atom stereocenters. The molecule has 0 bridgehead atoms. The number of nitrogens with zero attached hydrogens (tertiary/aromatic N) is 4. The highest BCUT2D eigenvalue weighted by Gasteiger charge is 2.15. The number of hydrogen-bond acceptors (Lipinski definition) is 6. The van der Waals surface area contributed by atoms with E-state index in [9.17, 15) is 0 Å². The molecule has 0 saturated heterocycles. The Morgan fingerprint density at radius 2 is 1.77 bits per heavy atom. The Kier molecular flexibility index (Phi) is 4.84. The molecule has 1 aromatic heterocycles. The third kappa shape index (κ3) is 3.70. The molecule has 6 heteroatoms. The van der Waals surface area contributed by atoms with Gasteiger partial charge in [-0.05, 0) is 43.9 Å². The summed E-state index contributed by atoms with van der Waals surface area (Å²) in [6.07, 6.45) is 3.23. The van der Waals surface area contributed by atoms with E-state index in [0.29, 0.717) is 0 Å². The zero-order chi connectivity index (χ0) is 17.8. The number of nitrogens with one attached hydrogen (secondary N) is 1. The topological polar surface area (TPSA) is 62.0 Å². The molecule has 1 heterocycles. The van der Waals surface area contributed by atoms with Gasteiger partial charge in [0.15, 0.2) is 5.00 Å². The van der Waals surface area contributed by atoms with E-state index in [0.717, 1.165) is 46.5 Å². The molecule has 1 aliphatic carbocycles. The molecule has 0 spiro atoms. The van der Waals surface area contributed by atoms with E-state index < -0.39 is 0 Å². The van der Waals surface area contributed by atoms with Gasteiger partial charge in [0.2, 0.25) is 5.13 Å². The van der Waals surface area contributed by atoms with Crippen LogP contribution in [0.2, 0.25) is 0 Å². The van der Waals surface area contributed by atoms with Gasteiger partial charge >= 0.3 is 0 Å². The second-order valence-electron chi connectivity index (χ2n) is 6.13. The van der Waals surface area contributed by atoms with Crippen molar-refractivity contribution in [3.8, 4) is 0 Å². The fraction of sp³-hybridized carbons (Fsp3) is 0.200. The van der Waals surface area contributed by atoms with Gasteiger partial charge in [-0.1, -0.05) is 53.8 Å². The van der Waals surface area contributed by atoms with Crippen molar-refractivity contribution < 1.29 is 0 Å². The van der Waals surface area contributed by atoms with E-state index in [1.54, 1.807) is 0 Å². The normalized spacial score (nSPS) is 15.3. The summed E-state index contributed by atoms with van der Waals surface area (Å²) in [6, 6.07) is 18.2. The molecule has 0 saturated carbocycles. The predicted molar refractivity (Wildman–Crippen MR) is 107 cm³/mol. The second-order valence-corrected chi connectivity index (χ2v) is 7.10. The first kappa shape index (κ1) is 16.6. The molecule has 0 fully saturated rings. The highest BCUT2D eigenvalue weighted by molar-refractivity contribution is 7.19. The molecule has 130 valence electrons. The molecule has 3 aromatic rings. The zero-order valence-corrected chi connectivity index (χ0v) is 15.3. The summed E-state index contributed by atoms with van der Waals surface area (Å²) in [6.45, 7) is 1.93. The molecule has 4 rings (SSSR count). The molecule has 5 nitrogen and oxygen atoms in total. The molecular formula is C20H19N5S. The van der Waals surface area contributed by atoms with Crippen LogP contribution in [0.1, 0.15) is 29.7 Å². The second kappa shape index (κ2) is 7.58. The van der Waals surface area contributed by atoms with Crippen LogP contribution in [0.3, 0.4) is 0 Å². The lowest BCUT2D eigenvalue weighted by molar-refractivity contribution is 0.837. The van der Waals surface area contributed by atoms with Crippen LogP contribution in [0.5, 0.6) is 0 Å². The van der Waals surface area contributed by atoms with Crippen LogP contribution in [0.25, 0.3) is 0 Å². The van der Waals surface area contributed by atoms with Crippen LogP contribution in [0, 0.1) is 6.92 Å². The third-order valence-electron chi connectivity index (χ3n) is 4.26. The predicted octanol–water partition coefficient (Wildman–Crippen LogP) is 6.02. The number of aryl methyl sites for hydroxylation is 2. The third-order valence-corrected chi connectivity index (χ3v) is 5.21. The summed E-state index contributed by atoms with van der Waals surface area (Å²) < 4.78 is 0. The van der Waals surface area contributed by atoms with E-state index in [2.05, 4.69) is 50.0 Å². The highest BCUT2D eigenvalue weighted by Crippen LogP contribution is 2.32. The minimum absolute atomic E-state index is 0.736. The average Bonchev–Trinajstić information content (AvgIpc) is 3.05. The average molecular weight is 361 g/mol. The van der Waals surface area contributed by atoms with Gasteiger partial charge in [-0.15, -0.1) is 10.2 Å². The Morgan fingerprint density at radius 3 is 2.65 bits per heavy atom.